The molecule has 3 N–H and O–H groups in total. The molecular weight excluding hydrogens is 244 g/mol. The van der Waals surface area contributed by atoms with Crippen LogP contribution in [0.4, 0.5) is 11.4 Å². The molecule has 1 aliphatic rings. The fraction of sp³-hybridized carbons (Fsp3) is 0.500. The number of esters is 1. The lowest BCUT2D eigenvalue weighted by Crippen LogP contribution is -2.20. The van der Waals surface area contributed by atoms with Gasteiger partial charge in [-0.3, -0.25) is 0 Å². The Morgan fingerprint density at radius 2 is 2.16 bits per heavy atom. The van der Waals surface area contributed by atoms with Crippen LogP contribution in [0.3, 0.4) is 0 Å². The van der Waals surface area contributed by atoms with Crippen molar-refractivity contribution in [2.24, 2.45) is 0 Å². The summed E-state index contributed by atoms with van der Waals surface area (Å²) in [7, 11) is 3.09. The zero-order valence-corrected chi connectivity index (χ0v) is 11.3. The fourth-order valence-corrected chi connectivity index (χ4v) is 2.50. The largest absolute Gasteiger partial charge is 0.465 e. The molecule has 0 aromatic heterocycles. The van der Waals surface area contributed by atoms with Gasteiger partial charge in [0, 0.05) is 13.2 Å². The molecule has 5 heteroatoms. The molecule has 19 heavy (non-hydrogen) atoms. The summed E-state index contributed by atoms with van der Waals surface area (Å²) >= 11 is 0. The van der Waals surface area contributed by atoms with E-state index in [4.69, 9.17) is 15.2 Å². The highest BCUT2D eigenvalue weighted by atomic mass is 16.5. The number of nitrogen functional groups attached to an aromatic ring is 1. The van der Waals surface area contributed by atoms with Crippen molar-refractivity contribution in [3.05, 3.63) is 23.8 Å². The van der Waals surface area contributed by atoms with E-state index in [1.165, 1.54) is 7.11 Å². The van der Waals surface area contributed by atoms with Crippen molar-refractivity contribution in [2.75, 3.05) is 25.3 Å². The number of benzene rings is 1. The lowest BCUT2D eigenvalue weighted by molar-refractivity contribution is 0.0602. The summed E-state index contributed by atoms with van der Waals surface area (Å²) in [6.07, 6.45) is 3.23. The van der Waals surface area contributed by atoms with Gasteiger partial charge in [0.1, 0.15) is 0 Å². The van der Waals surface area contributed by atoms with Gasteiger partial charge in [-0.2, -0.15) is 0 Å². The second kappa shape index (κ2) is 5.93. The maximum Gasteiger partial charge on any atom is 0.340 e. The molecule has 5 nitrogen and oxygen atoms in total. The van der Waals surface area contributed by atoms with Crippen LogP contribution in [0.5, 0.6) is 0 Å². The van der Waals surface area contributed by atoms with Gasteiger partial charge in [-0.1, -0.05) is 6.07 Å². The summed E-state index contributed by atoms with van der Waals surface area (Å²) in [5.41, 5.74) is 7.66. The maximum atomic E-state index is 11.7. The first-order valence-electron chi connectivity index (χ1n) is 6.41. The van der Waals surface area contributed by atoms with E-state index in [0.717, 1.165) is 19.3 Å². The Morgan fingerprint density at radius 1 is 1.37 bits per heavy atom. The van der Waals surface area contributed by atoms with Crippen molar-refractivity contribution in [1.82, 2.24) is 0 Å². The Balaban J connectivity index is 2.17. The molecule has 2 rings (SSSR count). The average Bonchev–Trinajstić information content (AvgIpc) is 2.88. The number of hydrogen-bond donors (Lipinski definition) is 2. The first-order chi connectivity index (χ1) is 9.15. The van der Waals surface area contributed by atoms with Gasteiger partial charge in [0.2, 0.25) is 0 Å². The SMILES string of the molecule is COC(=O)c1cccc(N)c1NC1CCC(OC)C1. The van der Waals surface area contributed by atoms with Gasteiger partial charge in [0.25, 0.3) is 0 Å². The Kier molecular flexibility index (Phi) is 4.27. The molecule has 2 atom stereocenters. The van der Waals surface area contributed by atoms with Gasteiger partial charge < -0.3 is 20.5 Å². The molecule has 1 aromatic carbocycles. The van der Waals surface area contributed by atoms with Crippen LogP contribution in [0.15, 0.2) is 18.2 Å². The number of nitrogens with one attached hydrogen (secondary N) is 1. The highest BCUT2D eigenvalue weighted by molar-refractivity contribution is 5.98. The number of ether oxygens (including phenoxy) is 2. The van der Waals surface area contributed by atoms with Crippen LogP contribution in [0.25, 0.3) is 0 Å². The van der Waals surface area contributed by atoms with Crippen molar-refractivity contribution in [2.45, 2.75) is 31.4 Å². The maximum absolute atomic E-state index is 11.7. The van der Waals surface area contributed by atoms with Crippen LogP contribution < -0.4 is 11.1 Å². The van der Waals surface area contributed by atoms with E-state index in [9.17, 15) is 4.79 Å². The molecule has 1 fully saturated rings. The monoisotopic (exact) mass is 264 g/mol. The number of carbonyl (C=O) groups is 1. The van der Waals surface area contributed by atoms with Crippen LogP contribution in [0, 0.1) is 0 Å². The number of methoxy groups -OCH3 is 2. The molecule has 104 valence electrons. The summed E-state index contributed by atoms with van der Waals surface area (Å²) in [6.45, 7) is 0. The molecule has 1 aromatic rings. The van der Waals surface area contributed by atoms with E-state index in [-0.39, 0.29) is 18.1 Å². The molecule has 1 saturated carbocycles. The molecule has 2 unspecified atom stereocenters. The molecule has 0 radical (unpaired) electrons. The molecular formula is C14H20N2O3. The Labute approximate surface area is 113 Å². The van der Waals surface area contributed by atoms with Crippen LogP contribution in [0.1, 0.15) is 29.6 Å². The Bertz CT molecular complexity index is 462. The zero-order chi connectivity index (χ0) is 13.8. The molecule has 0 heterocycles. The van der Waals surface area contributed by atoms with E-state index < -0.39 is 0 Å². The lowest BCUT2D eigenvalue weighted by atomic mass is 10.1. The molecule has 0 bridgehead atoms. The fourth-order valence-electron chi connectivity index (χ4n) is 2.50. The van der Waals surface area contributed by atoms with E-state index >= 15 is 0 Å². The topological polar surface area (TPSA) is 73.6 Å². The van der Waals surface area contributed by atoms with E-state index in [0.29, 0.717) is 16.9 Å². The summed E-state index contributed by atoms with van der Waals surface area (Å²) in [6, 6.07) is 5.52. The summed E-state index contributed by atoms with van der Waals surface area (Å²) < 4.78 is 10.1. The molecule has 0 amide bonds. The third-order valence-corrected chi connectivity index (χ3v) is 3.57. The van der Waals surface area contributed by atoms with Crippen molar-refractivity contribution >= 4 is 17.3 Å². The minimum absolute atomic E-state index is 0.276. The minimum Gasteiger partial charge on any atom is -0.465 e. The van der Waals surface area contributed by atoms with Crippen LogP contribution in [0.2, 0.25) is 0 Å². The number of carbonyl (C=O) groups excluding carboxylic acids is 1. The number of nitrogens with two attached hydrogens (primary N) is 1. The number of hydrogen-bond acceptors (Lipinski definition) is 5. The smallest absolute Gasteiger partial charge is 0.340 e. The zero-order valence-electron chi connectivity index (χ0n) is 11.3. The first-order valence-corrected chi connectivity index (χ1v) is 6.41. The third kappa shape index (κ3) is 2.98. The van der Waals surface area contributed by atoms with Gasteiger partial charge in [-0.15, -0.1) is 0 Å². The lowest BCUT2D eigenvalue weighted by Gasteiger charge is -2.18. The van der Waals surface area contributed by atoms with Crippen LogP contribution in [-0.2, 0) is 9.47 Å². The first kappa shape index (κ1) is 13.7. The normalized spacial score (nSPS) is 22.2. The van der Waals surface area contributed by atoms with Gasteiger partial charge in [0.15, 0.2) is 0 Å². The number of para-hydroxylation sites is 1. The van der Waals surface area contributed by atoms with E-state index in [1.807, 2.05) is 0 Å². The quantitative estimate of drug-likeness (QED) is 0.643. The van der Waals surface area contributed by atoms with Gasteiger partial charge in [0.05, 0.1) is 30.2 Å². The second-order valence-corrected chi connectivity index (χ2v) is 4.77. The van der Waals surface area contributed by atoms with Gasteiger partial charge in [-0.25, -0.2) is 4.79 Å². The number of anilines is 2. The summed E-state index contributed by atoms with van der Waals surface area (Å²) in [5.74, 6) is -0.379. The predicted molar refractivity (Wildman–Crippen MR) is 74.3 cm³/mol. The van der Waals surface area contributed by atoms with Crippen molar-refractivity contribution in [3.63, 3.8) is 0 Å². The third-order valence-electron chi connectivity index (χ3n) is 3.57. The Hall–Kier alpha value is -1.75. The highest BCUT2D eigenvalue weighted by Gasteiger charge is 2.26. The predicted octanol–water partition coefficient (Wildman–Crippen LogP) is 2.03. The van der Waals surface area contributed by atoms with Crippen molar-refractivity contribution < 1.29 is 14.3 Å². The molecule has 0 saturated heterocycles. The Morgan fingerprint density at radius 3 is 2.79 bits per heavy atom. The second-order valence-electron chi connectivity index (χ2n) is 4.77. The highest BCUT2D eigenvalue weighted by Crippen LogP contribution is 2.30. The van der Waals surface area contributed by atoms with Gasteiger partial charge >= 0.3 is 5.97 Å². The molecule has 1 aliphatic carbocycles. The molecule has 0 spiro atoms. The average molecular weight is 264 g/mol. The summed E-state index contributed by atoms with van der Waals surface area (Å²) in [5, 5.41) is 3.35. The summed E-state index contributed by atoms with van der Waals surface area (Å²) in [4.78, 5) is 11.7. The minimum atomic E-state index is -0.379. The van der Waals surface area contributed by atoms with E-state index in [2.05, 4.69) is 5.32 Å². The molecule has 0 aliphatic heterocycles. The van der Waals surface area contributed by atoms with E-state index in [1.54, 1.807) is 25.3 Å². The van der Waals surface area contributed by atoms with Crippen LogP contribution >= 0.6 is 0 Å². The van der Waals surface area contributed by atoms with Crippen molar-refractivity contribution in [3.8, 4) is 0 Å². The standard InChI is InChI=1S/C14H20N2O3/c1-18-10-7-6-9(8-10)16-13-11(14(17)19-2)4-3-5-12(13)15/h3-5,9-10,16H,6-8,15H2,1-2H3. The van der Waals surface area contributed by atoms with Gasteiger partial charge in [-0.05, 0) is 31.4 Å². The number of rotatable bonds is 4. The van der Waals surface area contributed by atoms with Crippen molar-refractivity contribution in [1.29, 1.82) is 0 Å². The van der Waals surface area contributed by atoms with Crippen LogP contribution in [-0.4, -0.2) is 32.3 Å².